The number of hydrogen-bond acceptors (Lipinski definition) is 5. The second kappa shape index (κ2) is 8.68. The molecule has 1 aromatic heterocycles. The van der Waals surface area contributed by atoms with Gasteiger partial charge in [-0.1, -0.05) is 19.1 Å². The Balaban J connectivity index is 2.37. The number of benzene rings is 1. The number of amides is 1. The van der Waals surface area contributed by atoms with Gasteiger partial charge in [0, 0.05) is 18.3 Å². The van der Waals surface area contributed by atoms with E-state index in [0.717, 1.165) is 16.8 Å². The molecule has 28 heavy (non-hydrogen) atoms. The van der Waals surface area contributed by atoms with Crippen LogP contribution in [0.25, 0.3) is 5.69 Å². The lowest BCUT2D eigenvalue weighted by Gasteiger charge is -2.16. The summed E-state index contributed by atoms with van der Waals surface area (Å²) in [5, 5.41) is 6.23. The number of hydrogen-bond donors (Lipinski definition) is 1. The molecule has 0 aliphatic rings. The predicted molar refractivity (Wildman–Crippen MR) is 93.2 cm³/mol. The van der Waals surface area contributed by atoms with Crippen molar-refractivity contribution in [2.75, 3.05) is 13.2 Å². The number of esters is 1. The van der Waals surface area contributed by atoms with Gasteiger partial charge in [-0.25, -0.2) is 9.48 Å². The average molecular weight is 397 g/mol. The molecule has 7 nitrogen and oxygen atoms in total. The van der Waals surface area contributed by atoms with Crippen molar-refractivity contribution in [2.45, 2.75) is 26.4 Å². The van der Waals surface area contributed by atoms with Crippen LogP contribution < -0.4 is 10.7 Å². The van der Waals surface area contributed by atoms with Crippen molar-refractivity contribution in [3.63, 3.8) is 0 Å². The third kappa shape index (κ3) is 4.96. The molecule has 0 bridgehead atoms. The molecule has 2 rings (SSSR count). The lowest BCUT2D eigenvalue weighted by Crippen LogP contribution is -2.31. The number of aromatic nitrogens is 2. The lowest BCUT2D eigenvalue weighted by atomic mass is 10.1. The number of alkyl halides is 3. The third-order valence-corrected chi connectivity index (χ3v) is 3.64. The first-order valence-corrected chi connectivity index (χ1v) is 8.36. The van der Waals surface area contributed by atoms with Crippen molar-refractivity contribution in [1.82, 2.24) is 15.1 Å². The highest BCUT2D eigenvalue weighted by Crippen LogP contribution is 2.33. The number of carbonyl (C=O) groups excluding carboxylic acids is 2. The molecule has 150 valence electrons. The minimum atomic E-state index is -4.66. The van der Waals surface area contributed by atoms with Gasteiger partial charge in [0.25, 0.3) is 5.91 Å². The Morgan fingerprint density at radius 3 is 2.57 bits per heavy atom. The van der Waals surface area contributed by atoms with Gasteiger partial charge in [-0.15, -0.1) is 0 Å². The molecule has 0 saturated heterocycles. The van der Waals surface area contributed by atoms with Gasteiger partial charge in [0.2, 0.25) is 11.1 Å². The summed E-state index contributed by atoms with van der Waals surface area (Å²) < 4.78 is 45.4. The highest BCUT2D eigenvalue weighted by molar-refractivity contribution is 5.89. The summed E-state index contributed by atoms with van der Waals surface area (Å²) in [4.78, 5) is 35.7. The van der Waals surface area contributed by atoms with Crippen LogP contribution in [0.3, 0.4) is 0 Å². The molecule has 0 atom stereocenters. The van der Waals surface area contributed by atoms with Gasteiger partial charge >= 0.3 is 12.1 Å². The van der Waals surface area contributed by atoms with E-state index in [4.69, 9.17) is 4.74 Å². The Morgan fingerprint density at radius 2 is 1.93 bits per heavy atom. The van der Waals surface area contributed by atoms with Crippen molar-refractivity contribution in [3.05, 3.63) is 57.5 Å². The molecule has 0 fully saturated rings. The van der Waals surface area contributed by atoms with E-state index in [1.807, 2.05) is 6.92 Å². The van der Waals surface area contributed by atoms with E-state index in [-0.39, 0.29) is 11.4 Å². The molecule has 1 amide bonds. The first-order chi connectivity index (χ1) is 13.1. The Bertz CT molecular complexity index is 938. The Labute approximate surface area is 158 Å². The SMILES string of the molecule is CCCNC(=O)COC(=O)c1nn(-c2ccccc2C(F)(F)F)c(C)cc1=O. The molecule has 0 radical (unpaired) electrons. The minimum absolute atomic E-state index is 0.0962. The molecule has 0 spiro atoms. The molecule has 0 saturated carbocycles. The summed E-state index contributed by atoms with van der Waals surface area (Å²) in [6.45, 7) is 2.98. The van der Waals surface area contributed by atoms with Crippen LogP contribution in [0.1, 0.15) is 35.1 Å². The van der Waals surface area contributed by atoms with Crippen molar-refractivity contribution in [1.29, 1.82) is 0 Å². The van der Waals surface area contributed by atoms with Crippen LogP contribution in [0.2, 0.25) is 0 Å². The molecule has 10 heteroatoms. The zero-order valence-corrected chi connectivity index (χ0v) is 15.2. The van der Waals surface area contributed by atoms with Gasteiger partial charge in [-0.3, -0.25) is 9.59 Å². The van der Waals surface area contributed by atoms with Gasteiger partial charge < -0.3 is 10.1 Å². The number of para-hydroxylation sites is 1. The van der Waals surface area contributed by atoms with Crippen LogP contribution in [0.5, 0.6) is 0 Å². The van der Waals surface area contributed by atoms with E-state index in [0.29, 0.717) is 13.0 Å². The van der Waals surface area contributed by atoms with Crippen molar-refractivity contribution in [2.24, 2.45) is 0 Å². The summed E-state index contributed by atoms with van der Waals surface area (Å²) in [7, 11) is 0. The van der Waals surface area contributed by atoms with Crippen LogP contribution >= 0.6 is 0 Å². The maximum absolute atomic E-state index is 13.3. The highest BCUT2D eigenvalue weighted by atomic mass is 19.4. The predicted octanol–water partition coefficient (Wildman–Crippen LogP) is 2.24. The summed E-state index contributed by atoms with van der Waals surface area (Å²) in [5.41, 5.74) is -2.77. The molecule has 1 heterocycles. The molecule has 0 aliphatic heterocycles. The molecular weight excluding hydrogens is 379 g/mol. The number of nitrogens with zero attached hydrogens (tertiary/aromatic N) is 2. The largest absolute Gasteiger partial charge is 0.451 e. The summed E-state index contributed by atoms with van der Waals surface area (Å²) in [5.74, 6) is -1.76. The fraction of sp³-hybridized carbons (Fsp3) is 0.333. The summed E-state index contributed by atoms with van der Waals surface area (Å²) in [6.07, 6.45) is -3.98. The van der Waals surface area contributed by atoms with E-state index in [2.05, 4.69) is 10.4 Å². The Morgan fingerprint density at radius 1 is 1.25 bits per heavy atom. The van der Waals surface area contributed by atoms with E-state index < -0.39 is 41.3 Å². The molecule has 1 N–H and O–H groups in total. The Kier molecular flexibility index (Phi) is 6.55. The zero-order chi connectivity index (χ0) is 20.9. The molecular formula is C18H18F3N3O4. The molecule has 0 unspecified atom stereocenters. The second-order valence-corrected chi connectivity index (χ2v) is 5.85. The van der Waals surface area contributed by atoms with E-state index in [1.54, 1.807) is 0 Å². The van der Waals surface area contributed by atoms with Crippen molar-refractivity contribution < 1.29 is 27.5 Å². The number of aryl methyl sites for hydroxylation is 1. The fourth-order valence-electron chi connectivity index (χ4n) is 2.35. The van der Waals surface area contributed by atoms with E-state index in [1.165, 1.54) is 25.1 Å². The van der Waals surface area contributed by atoms with Gasteiger partial charge in [0.1, 0.15) is 0 Å². The standard InChI is InChI=1S/C18H18F3N3O4/c1-3-8-22-15(26)10-28-17(27)16-14(25)9-11(2)24(23-16)13-7-5-4-6-12(13)18(19,20)21/h4-7,9H,3,8,10H2,1-2H3,(H,22,26). The maximum atomic E-state index is 13.3. The third-order valence-electron chi connectivity index (χ3n) is 3.64. The molecule has 1 aromatic carbocycles. The number of nitrogens with one attached hydrogen (secondary N) is 1. The van der Waals surface area contributed by atoms with Crippen LogP contribution in [0, 0.1) is 6.92 Å². The van der Waals surface area contributed by atoms with Gasteiger partial charge in [0.15, 0.2) is 6.61 Å². The number of halogens is 3. The van der Waals surface area contributed by atoms with Crippen LogP contribution in [0.4, 0.5) is 13.2 Å². The number of ether oxygens (including phenoxy) is 1. The van der Waals surface area contributed by atoms with Crippen LogP contribution in [0.15, 0.2) is 35.1 Å². The highest BCUT2D eigenvalue weighted by Gasteiger charge is 2.34. The topological polar surface area (TPSA) is 90.3 Å². The van der Waals surface area contributed by atoms with Crippen LogP contribution in [-0.4, -0.2) is 34.8 Å². The minimum Gasteiger partial charge on any atom is -0.451 e. The quantitative estimate of drug-likeness (QED) is 0.755. The number of carbonyl (C=O) groups is 2. The molecule has 2 aromatic rings. The van der Waals surface area contributed by atoms with E-state index >= 15 is 0 Å². The lowest BCUT2D eigenvalue weighted by molar-refractivity contribution is -0.137. The zero-order valence-electron chi connectivity index (χ0n) is 15.2. The smallest absolute Gasteiger partial charge is 0.418 e. The second-order valence-electron chi connectivity index (χ2n) is 5.85. The maximum Gasteiger partial charge on any atom is 0.418 e. The average Bonchev–Trinajstić information content (AvgIpc) is 2.64. The summed E-state index contributed by atoms with van der Waals surface area (Å²) >= 11 is 0. The summed E-state index contributed by atoms with van der Waals surface area (Å²) in [6, 6.07) is 5.60. The molecule has 0 aliphatic carbocycles. The number of rotatable bonds is 6. The van der Waals surface area contributed by atoms with Gasteiger partial charge in [-0.2, -0.15) is 18.3 Å². The van der Waals surface area contributed by atoms with Gasteiger partial charge in [-0.05, 0) is 25.5 Å². The normalized spacial score (nSPS) is 11.2. The van der Waals surface area contributed by atoms with E-state index in [9.17, 15) is 27.6 Å². The van der Waals surface area contributed by atoms with Crippen molar-refractivity contribution >= 4 is 11.9 Å². The first kappa shape index (κ1) is 21.1. The Hall–Kier alpha value is -3.17. The van der Waals surface area contributed by atoms with Crippen LogP contribution in [-0.2, 0) is 15.7 Å². The van der Waals surface area contributed by atoms with Crippen molar-refractivity contribution in [3.8, 4) is 5.69 Å². The van der Waals surface area contributed by atoms with Gasteiger partial charge in [0.05, 0.1) is 11.3 Å². The first-order valence-electron chi connectivity index (χ1n) is 8.36. The fourth-order valence-corrected chi connectivity index (χ4v) is 2.35. The monoisotopic (exact) mass is 397 g/mol.